The summed E-state index contributed by atoms with van der Waals surface area (Å²) in [5.74, 6) is 0.176. The Bertz CT molecular complexity index is 662. The fraction of sp³-hybridized carbons (Fsp3) is 0. The highest BCUT2D eigenvalue weighted by atomic mass is 16.3. The highest BCUT2D eigenvalue weighted by Gasteiger charge is 1.95. The topological polar surface area (TPSA) is 92.5 Å². The zero-order chi connectivity index (χ0) is 15.9. The predicted octanol–water partition coefficient (Wildman–Crippen LogP) is 3.62. The monoisotopic (exact) mass is 294 g/mol. The molecule has 6 N–H and O–H groups in total. The normalized spacial score (nSPS) is 9.64. The van der Waals surface area contributed by atoms with E-state index in [1.807, 2.05) is 48.5 Å². The number of phenols is 2. The van der Waals surface area contributed by atoms with Gasteiger partial charge in [-0.15, -0.1) is 0 Å². The minimum Gasteiger partial charge on any atom is -0.508 e. The molecule has 0 radical (unpaired) electrons. The molecule has 112 valence electrons. The molecule has 0 aliphatic heterocycles. The van der Waals surface area contributed by atoms with Gasteiger partial charge >= 0.3 is 0 Å². The van der Waals surface area contributed by atoms with Crippen molar-refractivity contribution in [2.24, 2.45) is 0 Å². The van der Waals surface area contributed by atoms with E-state index in [9.17, 15) is 0 Å². The fourth-order valence-electron chi connectivity index (χ4n) is 1.84. The van der Waals surface area contributed by atoms with E-state index in [1.165, 1.54) is 18.2 Å². The molecule has 4 heteroatoms. The lowest BCUT2D eigenvalue weighted by Crippen LogP contribution is -1.85. The lowest BCUT2D eigenvalue weighted by Gasteiger charge is -2.02. The standard InChI is InChI=1S/C12H12N2.C6H6O2/c13-11-5-1-9(2-6-11)10-3-7-12(14)8-4-10;7-5-2-1-3-6(8)4-5/h1-8H,13-14H2;1-4,7-8H. The molecular formula is C18H18N2O2. The summed E-state index contributed by atoms with van der Waals surface area (Å²) in [7, 11) is 0. The van der Waals surface area contributed by atoms with Crippen LogP contribution in [-0.2, 0) is 0 Å². The van der Waals surface area contributed by atoms with Crippen molar-refractivity contribution >= 4 is 11.4 Å². The Labute approximate surface area is 129 Å². The summed E-state index contributed by atoms with van der Waals surface area (Å²) in [5.41, 5.74) is 15.1. The van der Waals surface area contributed by atoms with Gasteiger partial charge in [0.2, 0.25) is 0 Å². The predicted molar refractivity (Wildman–Crippen MR) is 90.5 cm³/mol. The number of anilines is 2. The van der Waals surface area contributed by atoms with Gasteiger partial charge in [-0.3, -0.25) is 0 Å². The number of aromatic hydroxyl groups is 2. The number of nitrogens with two attached hydrogens (primary N) is 2. The van der Waals surface area contributed by atoms with E-state index < -0.39 is 0 Å². The molecule has 3 aromatic rings. The minimum atomic E-state index is 0.0880. The van der Waals surface area contributed by atoms with E-state index >= 15 is 0 Å². The number of benzene rings is 3. The molecule has 0 aliphatic rings. The Balaban J connectivity index is 0.000000188. The third kappa shape index (κ3) is 4.45. The average molecular weight is 294 g/mol. The largest absolute Gasteiger partial charge is 0.508 e. The maximum absolute atomic E-state index is 8.65. The maximum atomic E-state index is 8.65. The quantitative estimate of drug-likeness (QED) is 0.516. The van der Waals surface area contributed by atoms with Crippen molar-refractivity contribution in [3.63, 3.8) is 0 Å². The van der Waals surface area contributed by atoms with Crippen molar-refractivity contribution in [2.75, 3.05) is 11.5 Å². The van der Waals surface area contributed by atoms with Gasteiger partial charge in [0.25, 0.3) is 0 Å². The summed E-state index contributed by atoms with van der Waals surface area (Å²) >= 11 is 0. The SMILES string of the molecule is Nc1ccc(-c2ccc(N)cc2)cc1.Oc1cccc(O)c1. The Morgan fingerprint density at radius 3 is 1.18 bits per heavy atom. The molecule has 0 aliphatic carbocycles. The molecular weight excluding hydrogens is 276 g/mol. The maximum Gasteiger partial charge on any atom is 0.119 e. The van der Waals surface area contributed by atoms with Gasteiger partial charge in [0.05, 0.1) is 0 Å². The number of nitrogen functional groups attached to an aromatic ring is 2. The number of hydrogen-bond acceptors (Lipinski definition) is 4. The van der Waals surface area contributed by atoms with Crippen LogP contribution in [0, 0.1) is 0 Å². The van der Waals surface area contributed by atoms with Crippen molar-refractivity contribution in [3.8, 4) is 22.6 Å². The molecule has 4 nitrogen and oxygen atoms in total. The Kier molecular flexibility index (Phi) is 4.88. The van der Waals surface area contributed by atoms with Crippen LogP contribution >= 0.6 is 0 Å². The van der Waals surface area contributed by atoms with Gasteiger partial charge < -0.3 is 21.7 Å². The summed E-state index contributed by atoms with van der Waals surface area (Å²) in [6.45, 7) is 0. The zero-order valence-electron chi connectivity index (χ0n) is 12.0. The second kappa shape index (κ2) is 7.04. The van der Waals surface area contributed by atoms with Crippen LogP contribution in [-0.4, -0.2) is 10.2 Å². The highest BCUT2D eigenvalue weighted by Crippen LogP contribution is 2.21. The van der Waals surface area contributed by atoms with Crippen LogP contribution in [0.2, 0.25) is 0 Å². The van der Waals surface area contributed by atoms with Gasteiger partial charge in [-0.05, 0) is 47.5 Å². The molecule has 0 atom stereocenters. The first-order valence-corrected chi connectivity index (χ1v) is 6.74. The number of hydrogen-bond donors (Lipinski definition) is 4. The minimum absolute atomic E-state index is 0.0880. The Morgan fingerprint density at radius 1 is 0.545 bits per heavy atom. The molecule has 3 rings (SSSR count). The van der Waals surface area contributed by atoms with Gasteiger partial charge in [0.15, 0.2) is 0 Å². The average Bonchev–Trinajstić information content (AvgIpc) is 2.49. The molecule has 3 aromatic carbocycles. The van der Waals surface area contributed by atoms with Gasteiger partial charge in [0.1, 0.15) is 11.5 Å². The lowest BCUT2D eigenvalue weighted by atomic mass is 10.1. The third-order valence-electron chi connectivity index (χ3n) is 2.98. The molecule has 0 saturated heterocycles. The second-order valence-electron chi connectivity index (χ2n) is 4.76. The van der Waals surface area contributed by atoms with Gasteiger partial charge in [-0.1, -0.05) is 30.3 Å². The zero-order valence-corrected chi connectivity index (χ0v) is 12.0. The highest BCUT2D eigenvalue weighted by molar-refractivity contribution is 5.67. The van der Waals surface area contributed by atoms with Crippen LogP contribution in [0.1, 0.15) is 0 Å². The van der Waals surface area contributed by atoms with Gasteiger partial charge in [0, 0.05) is 17.4 Å². The van der Waals surface area contributed by atoms with Crippen LogP contribution in [0.4, 0.5) is 11.4 Å². The van der Waals surface area contributed by atoms with E-state index in [1.54, 1.807) is 6.07 Å². The first kappa shape index (κ1) is 15.3. The first-order valence-electron chi connectivity index (χ1n) is 6.74. The van der Waals surface area contributed by atoms with E-state index in [2.05, 4.69) is 0 Å². The second-order valence-corrected chi connectivity index (χ2v) is 4.76. The summed E-state index contributed by atoms with van der Waals surface area (Å²) in [5, 5.41) is 17.3. The number of phenolic OH excluding ortho intramolecular Hbond substituents is 2. The molecule has 0 unspecified atom stereocenters. The Hall–Kier alpha value is -3.14. The van der Waals surface area contributed by atoms with Crippen molar-refractivity contribution in [1.29, 1.82) is 0 Å². The molecule has 0 fully saturated rings. The van der Waals surface area contributed by atoms with Crippen molar-refractivity contribution in [1.82, 2.24) is 0 Å². The summed E-state index contributed by atoms with van der Waals surface area (Å²) < 4.78 is 0. The number of rotatable bonds is 1. The first-order chi connectivity index (χ1) is 10.5. The van der Waals surface area contributed by atoms with Crippen LogP contribution in [0.25, 0.3) is 11.1 Å². The van der Waals surface area contributed by atoms with Crippen molar-refractivity contribution in [3.05, 3.63) is 72.8 Å². The van der Waals surface area contributed by atoms with E-state index in [0.717, 1.165) is 22.5 Å². The van der Waals surface area contributed by atoms with Crippen LogP contribution in [0.15, 0.2) is 72.8 Å². The molecule has 0 spiro atoms. The summed E-state index contributed by atoms with van der Waals surface area (Å²) in [4.78, 5) is 0. The molecule has 0 amide bonds. The van der Waals surface area contributed by atoms with Crippen LogP contribution in [0.3, 0.4) is 0 Å². The van der Waals surface area contributed by atoms with Crippen LogP contribution < -0.4 is 11.5 Å². The molecule has 0 bridgehead atoms. The van der Waals surface area contributed by atoms with Crippen LogP contribution in [0.5, 0.6) is 11.5 Å². The van der Waals surface area contributed by atoms with E-state index in [-0.39, 0.29) is 11.5 Å². The fourth-order valence-corrected chi connectivity index (χ4v) is 1.84. The van der Waals surface area contributed by atoms with Crippen molar-refractivity contribution in [2.45, 2.75) is 0 Å². The smallest absolute Gasteiger partial charge is 0.119 e. The summed E-state index contributed by atoms with van der Waals surface area (Å²) in [6.07, 6.45) is 0. The third-order valence-corrected chi connectivity index (χ3v) is 2.98. The lowest BCUT2D eigenvalue weighted by molar-refractivity contribution is 0.450. The molecule has 0 heterocycles. The van der Waals surface area contributed by atoms with E-state index in [0.29, 0.717) is 0 Å². The summed E-state index contributed by atoms with van der Waals surface area (Å²) in [6, 6.07) is 21.4. The molecule has 0 saturated carbocycles. The van der Waals surface area contributed by atoms with Gasteiger partial charge in [-0.25, -0.2) is 0 Å². The Morgan fingerprint density at radius 2 is 0.909 bits per heavy atom. The molecule has 0 aromatic heterocycles. The van der Waals surface area contributed by atoms with Crippen molar-refractivity contribution < 1.29 is 10.2 Å². The van der Waals surface area contributed by atoms with Gasteiger partial charge in [-0.2, -0.15) is 0 Å². The molecule has 22 heavy (non-hydrogen) atoms. The van der Waals surface area contributed by atoms with E-state index in [4.69, 9.17) is 21.7 Å².